The van der Waals surface area contributed by atoms with E-state index in [-0.39, 0.29) is 19.2 Å². The molecule has 0 saturated heterocycles. The molecule has 0 aliphatic carbocycles. The molecule has 0 amide bonds. The molecular formula is C12H22N3O5P. The number of nitrogens with one attached hydrogen (secondary N) is 1. The van der Waals surface area contributed by atoms with Gasteiger partial charge in [0.25, 0.3) is 0 Å². The van der Waals surface area contributed by atoms with Crippen LogP contribution in [0.5, 0.6) is 0 Å². The maximum absolute atomic E-state index is 10.8. The molecule has 1 atom stereocenters. The van der Waals surface area contributed by atoms with Crippen LogP contribution in [-0.4, -0.2) is 57.3 Å². The number of aliphatic imine (C=N–C) groups is 1. The first-order valence-electron chi connectivity index (χ1n) is 6.47. The van der Waals surface area contributed by atoms with E-state index in [9.17, 15) is 9.67 Å². The van der Waals surface area contributed by atoms with Crippen molar-refractivity contribution >= 4 is 13.4 Å². The van der Waals surface area contributed by atoms with E-state index in [0.717, 1.165) is 0 Å². The van der Waals surface area contributed by atoms with Crippen molar-refractivity contribution in [1.82, 2.24) is 10.2 Å². The third-order valence-corrected chi connectivity index (χ3v) is 3.00. The minimum absolute atomic E-state index is 0.147. The van der Waals surface area contributed by atoms with Crippen molar-refractivity contribution in [3.63, 3.8) is 0 Å². The van der Waals surface area contributed by atoms with Crippen LogP contribution in [0.4, 0.5) is 0 Å². The molecule has 0 radical (unpaired) electrons. The van der Waals surface area contributed by atoms with E-state index in [1.165, 1.54) is 0 Å². The molecule has 0 unspecified atom stereocenters. The van der Waals surface area contributed by atoms with Gasteiger partial charge in [-0.2, -0.15) is 0 Å². The zero-order chi connectivity index (χ0) is 16.0. The van der Waals surface area contributed by atoms with Crippen molar-refractivity contribution in [2.75, 3.05) is 19.5 Å². The monoisotopic (exact) mass is 319 g/mol. The number of hydrogen-bond acceptors (Lipinski definition) is 5. The molecule has 0 aromatic heterocycles. The van der Waals surface area contributed by atoms with Crippen molar-refractivity contribution in [2.24, 2.45) is 4.99 Å². The van der Waals surface area contributed by atoms with E-state index in [2.05, 4.69) is 16.9 Å². The average Bonchev–Trinajstić information content (AvgIpc) is 2.35. The van der Waals surface area contributed by atoms with Gasteiger partial charge in [-0.25, -0.2) is 0 Å². The van der Waals surface area contributed by atoms with Crippen LogP contribution in [0.2, 0.25) is 0 Å². The van der Waals surface area contributed by atoms with Crippen LogP contribution in [0, 0.1) is 0 Å². The molecule has 1 heterocycles. The van der Waals surface area contributed by atoms with Gasteiger partial charge < -0.3 is 29.8 Å². The molecule has 0 fully saturated rings. The minimum Gasteiger partial charge on any atom is -0.394 e. The standard InChI is InChI=1S/C12H22N3O5P/c1-9(2)13-12-4-5-15(10(3)14-12)6-11(7-16)20-8-21(17,18)19/h4-5,9,11,16H,3,6-8H2,1-2H3,(H,13,14)(H2,17,18,19)/t11-/m0/s1. The predicted molar refractivity (Wildman–Crippen MR) is 79.6 cm³/mol. The Balaban J connectivity index is 2.61. The number of nitrogens with zero attached hydrogens (tertiary/aromatic N) is 2. The summed E-state index contributed by atoms with van der Waals surface area (Å²) in [5.41, 5.74) is 0. The van der Waals surface area contributed by atoms with E-state index in [4.69, 9.17) is 14.5 Å². The van der Waals surface area contributed by atoms with Gasteiger partial charge in [0.05, 0.1) is 19.3 Å². The molecule has 0 bridgehead atoms. The second-order valence-corrected chi connectivity index (χ2v) is 6.50. The Morgan fingerprint density at radius 2 is 2.19 bits per heavy atom. The molecule has 8 nitrogen and oxygen atoms in total. The predicted octanol–water partition coefficient (Wildman–Crippen LogP) is 0.196. The topological polar surface area (TPSA) is 115 Å². The van der Waals surface area contributed by atoms with E-state index < -0.39 is 20.0 Å². The highest BCUT2D eigenvalue weighted by atomic mass is 31.2. The van der Waals surface area contributed by atoms with E-state index in [1.807, 2.05) is 13.8 Å². The first-order chi connectivity index (χ1) is 9.71. The fourth-order valence-corrected chi connectivity index (χ4v) is 2.03. The molecule has 0 aromatic carbocycles. The molecule has 120 valence electrons. The summed E-state index contributed by atoms with van der Waals surface area (Å²) in [5.74, 6) is 1.23. The van der Waals surface area contributed by atoms with Crippen LogP contribution < -0.4 is 5.32 Å². The lowest BCUT2D eigenvalue weighted by Gasteiger charge is -2.30. The Bertz CT molecular complexity index is 472. The SMILES string of the molecule is C=C1NC(=NC(C)C)C=CN1C[C@@H](CO)OCP(=O)(O)O. The smallest absolute Gasteiger partial charge is 0.350 e. The van der Waals surface area contributed by atoms with Crippen LogP contribution in [0.1, 0.15) is 13.8 Å². The molecule has 21 heavy (non-hydrogen) atoms. The van der Waals surface area contributed by atoms with Gasteiger partial charge in [0.2, 0.25) is 0 Å². The number of aliphatic hydroxyl groups is 1. The second-order valence-electron chi connectivity index (χ2n) is 4.91. The van der Waals surface area contributed by atoms with E-state index in [0.29, 0.717) is 11.7 Å². The highest BCUT2D eigenvalue weighted by Crippen LogP contribution is 2.34. The van der Waals surface area contributed by atoms with Gasteiger partial charge in [0.15, 0.2) is 0 Å². The maximum atomic E-state index is 10.8. The Morgan fingerprint density at radius 1 is 1.52 bits per heavy atom. The third kappa shape index (κ3) is 6.88. The number of amidine groups is 1. The third-order valence-electron chi connectivity index (χ3n) is 2.51. The summed E-state index contributed by atoms with van der Waals surface area (Å²) >= 11 is 0. The molecule has 1 rings (SSSR count). The Kier molecular flexibility index (Phi) is 6.57. The lowest BCUT2D eigenvalue weighted by Crippen LogP contribution is -2.41. The largest absolute Gasteiger partial charge is 0.394 e. The average molecular weight is 319 g/mol. The van der Waals surface area contributed by atoms with Gasteiger partial charge in [-0.3, -0.25) is 9.56 Å². The van der Waals surface area contributed by atoms with Crippen LogP contribution in [-0.2, 0) is 9.30 Å². The van der Waals surface area contributed by atoms with Gasteiger partial charge in [-0.05, 0) is 19.9 Å². The van der Waals surface area contributed by atoms with Crippen molar-refractivity contribution in [1.29, 1.82) is 0 Å². The van der Waals surface area contributed by atoms with Crippen molar-refractivity contribution in [2.45, 2.75) is 26.0 Å². The highest BCUT2D eigenvalue weighted by Gasteiger charge is 2.21. The van der Waals surface area contributed by atoms with E-state index >= 15 is 0 Å². The first-order valence-corrected chi connectivity index (χ1v) is 8.26. The molecule has 9 heteroatoms. The highest BCUT2D eigenvalue weighted by molar-refractivity contribution is 7.51. The van der Waals surface area contributed by atoms with Gasteiger partial charge in [-0.15, -0.1) is 0 Å². The molecule has 0 saturated carbocycles. The molecule has 0 spiro atoms. The molecule has 4 N–H and O–H groups in total. The summed E-state index contributed by atoms with van der Waals surface area (Å²) in [6.07, 6.45) is 2.02. The second kappa shape index (κ2) is 7.72. The van der Waals surface area contributed by atoms with Crippen molar-refractivity contribution < 1.29 is 24.2 Å². The van der Waals surface area contributed by atoms with Gasteiger partial charge in [0.1, 0.15) is 18.0 Å². The molecular weight excluding hydrogens is 297 g/mol. The Labute approximate surface area is 124 Å². The Hall–Kier alpha value is -1.18. The van der Waals surface area contributed by atoms with Gasteiger partial charge >= 0.3 is 7.60 Å². The maximum Gasteiger partial charge on any atom is 0.350 e. The fraction of sp³-hybridized carbons (Fsp3) is 0.583. The van der Waals surface area contributed by atoms with Crippen LogP contribution in [0.3, 0.4) is 0 Å². The number of ether oxygens (including phenoxy) is 1. The van der Waals surface area contributed by atoms with Crippen molar-refractivity contribution in [3.8, 4) is 0 Å². The quantitative estimate of drug-likeness (QED) is 0.495. The fourth-order valence-electron chi connectivity index (χ4n) is 1.62. The lowest BCUT2D eigenvalue weighted by molar-refractivity contribution is 0.0183. The van der Waals surface area contributed by atoms with Crippen LogP contribution in [0.25, 0.3) is 0 Å². The van der Waals surface area contributed by atoms with Gasteiger partial charge in [0, 0.05) is 12.2 Å². The summed E-state index contributed by atoms with van der Waals surface area (Å²) in [4.78, 5) is 23.6. The summed E-state index contributed by atoms with van der Waals surface area (Å²) in [6, 6.07) is 0.147. The first kappa shape index (κ1) is 17.9. The normalized spacial score (nSPS) is 19.2. The van der Waals surface area contributed by atoms with E-state index in [1.54, 1.807) is 17.2 Å². The zero-order valence-corrected chi connectivity index (χ0v) is 13.0. The molecule has 1 aliphatic rings. The molecule has 0 aromatic rings. The number of rotatable bonds is 7. The number of hydrogen-bond donors (Lipinski definition) is 4. The minimum atomic E-state index is -4.25. The Morgan fingerprint density at radius 3 is 2.67 bits per heavy atom. The van der Waals surface area contributed by atoms with Crippen LogP contribution in [0.15, 0.2) is 29.7 Å². The zero-order valence-electron chi connectivity index (χ0n) is 12.1. The summed E-state index contributed by atoms with van der Waals surface area (Å²) in [5, 5.41) is 12.2. The molecule has 1 aliphatic heterocycles. The van der Waals surface area contributed by atoms with Gasteiger partial charge in [-0.1, -0.05) is 6.58 Å². The van der Waals surface area contributed by atoms with Crippen LogP contribution >= 0.6 is 7.60 Å². The number of aliphatic hydroxyl groups excluding tert-OH is 1. The summed E-state index contributed by atoms with van der Waals surface area (Å²) in [7, 11) is -4.25. The summed E-state index contributed by atoms with van der Waals surface area (Å²) < 4.78 is 15.8. The van der Waals surface area contributed by atoms with Crippen molar-refractivity contribution in [3.05, 3.63) is 24.7 Å². The summed E-state index contributed by atoms with van der Waals surface area (Å²) in [6.45, 7) is 7.61. The lowest BCUT2D eigenvalue weighted by atomic mass is 10.3.